The van der Waals surface area contributed by atoms with Crippen LogP contribution in [0.3, 0.4) is 0 Å². The number of carboxylic acid groups (broad SMARTS) is 1. The highest BCUT2D eigenvalue weighted by Crippen LogP contribution is 2.41. The number of phenolic OH excluding ortho intramolecular Hbond substituents is 3. The third kappa shape index (κ3) is 8.27. The van der Waals surface area contributed by atoms with Crippen LogP contribution in [0.5, 0.6) is 23.0 Å². The predicted octanol–water partition coefficient (Wildman–Crippen LogP) is 1.61. The first kappa shape index (κ1) is 40.3. The quantitative estimate of drug-likeness (QED) is 0.0629. The molecule has 17 nitrogen and oxygen atoms in total. The van der Waals surface area contributed by atoms with Crippen molar-refractivity contribution in [2.45, 2.75) is 24.8 Å². The smallest absolute Gasteiger partial charge is 0.534 e. The number of rotatable bonds is 10. The van der Waals surface area contributed by atoms with Gasteiger partial charge in [0.05, 0.1) is 21.5 Å². The van der Waals surface area contributed by atoms with E-state index >= 15 is 0 Å². The highest BCUT2D eigenvalue weighted by atomic mass is 35.5. The van der Waals surface area contributed by atoms with Crippen LogP contribution in [-0.2, 0) is 20.8 Å². The van der Waals surface area contributed by atoms with Crippen molar-refractivity contribution in [1.29, 1.82) is 0 Å². The number of carboxylic acids is 1. The maximum Gasteiger partial charge on any atom is 0.547 e. The van der Waals surface area contributed by atoms with Crippen molar-refractivity contribution in [3.8, 4) is 23.0 Å². The van der Waals surface area contributed by atoms with Crippen LogP contribution in [0.1, 0.15) is 44.3 Å². The van der Waals surface area contributed by atoms with E-state index < -0.39 is 123 Å². The standard InChI is InChI=1S/C32H27BCl2F3N5O12/c34-15-9-13(44)10-17(37)20(15)27(47)39-4-1-5-42-6-7-43(30(50)29(42)49)32(53)41-23(14-11-18(38)24(45)25(46)22(14)35)28(48)40-19-8-12-2-3-16(36)21(31(51)52)26(12)55-33(19)54/h2-3,9-11,19,23,44-46,54H,1,4-8H2,(H,39,47)(H,40,48)(H,41,53)(H,51,52)/t19-,23?/m0/s1. The summed E-state index contributed by atoms with van der Waals surface area (Å²) in [5, 5.41) is 55.0. The molecule has 290 valence electrons. The molecular weight excluding hydrogens is 785 g/mol. The first-order valence-corrected chi connectivity index (χ1v) is 16.6. The van der Waals surface area contributed by atoms with Crippen molar-refractivity contribution >= 4 is 65.9 Å². The summed E-state index contributed by atoms with van der Waals surface area (Å²) in [5.74, 6) is -15.1. The largest absolute Gasteiger partial charge is 0.547 e. The zero-order valence-electron chi connectivity index (χ0n) is 27.7. The number of nitrogens with one attached hydrogen (secondary N) is 3. The lowest BCUT2D eigenvalue weighted by molar-refractivity contribution is -0.153. The predicted molar refractivity (Wildman–Crippen MR) is 182 cm³/mol. The van der Waals surface area contributed by atoms with Gasteiger partial charge in [0, 0.05) is 37.8 Å². The first-order chi connectivity index (χ1) is 25.9. The van der Waals surface area contributed by atoms with E-state index in [1.807, 2.05) is 0 Å². The number of phenols is 3. The molecule has 1 unspecified atom stereocenters. The molecule has 0 spiro atoms. The molecule has 0 bridgehead atoms. The van der Waals surface area contributed by atoms with Crippen LogP contribution in [0, 0.1) is 17.5 Å². The fourth-order valence-corrected chi connectivity index (χ4v) is 6.30. The van der Waals surface area contributed by atoms with Crippen LogP contribution in [0.25, 0.3) is 0 Å². The Morgan fingerprint density at radius 2 is 1.65 bits per heavy atom. The highest BCUT2D eigenvalue weighted by Gasteiger charge is 2.42. The van der Waals surface area contributed by atoms with Crippen molar-refractivity contribution in [3.63, 3.8) is 0 Å². The lowest BCUT2D eigenvalue weighted by atomic mass is 9.72. The molecule has 3 aromatic carbocycles. The van der Waals surface area contributed by atoms with E-state index in [9.17, 15) is 67.4 Å². The Hall–Kier alpha value is -5.93. The van der Waals surface area contributed by atoms with Gasteiger partial charge < -0.3 is 51.0 Å². The van der Waals surface area contributed by atoms with E-state index in [0.717, 1.165) is 23.1 Å². The highest BCUT2D eigenvalue weighted by molar-refractivity contribution is 6.47. The van der Waals surface area contributed by atoms with Gasteiger partial charge in [-0.3, -0.25) is 24.1 Å². The average Bonchev–Trinajstić information content (AvgIpc) is 3.11. The number of carbonyl (C=O) groups excluding carboxylic acids is 5. The number of hydrogen-bond acceptors (Lipinski definition) is 11. The van der Waals surface area contributed by atoms with Crippen LogP contribution in [0.4, 0.5) is 18.0 Å². The number of amides is 6. The maximum absolute atomic E-state index is 14.6. The Labute approximate surface area is 317 Å². The van der Waals surface area contributed by atoms with Crippen LogP contribution >= 0.6 is 23.2 Å². The minimum atomic E-state index is -2.10. The second-order valence-electron chi connectivity index (χ2n) is 12.0. The van der Waals surface area contributed by atoms with Gasteiger partial charge in [-0.05, 0) is 36.6 Å². The minimum Gasteiger partial charge on any atom is -0.534 e. The van der Waals surface area contributed by atoms with Gasteiger partial charge in [0.25, 0.3) is 5.91 Å². The number of carbonyl (C=O) groups is 6. The molecule has 2 aliphatic heterocycles. The summed E-state index contributed by atoms with van der Waals surface area (Å²) in [7, 11) is -2.00. The van der Waals surface area contributed by atoms with Gasteiger partial charge in [0.2, 0.25) is 5.91 Å². The minimum absolute atomic E-state index is 0.0429. The molecule has 2 heterocycles. The number of aromatic hydroxyl groups is 3. The molecule has 0 saturated carbocycles. The molecule has 6 amide bonds. The van der Waals surface area contributed by atoms with E-state index in [1.165, 1.54) is 0 Å². The van der Waals surface area contributed by atoms with Crippen molar-refractivity contribution in [2.24, 2.45) is 0 Å². The Balaban J connectivity index is 1.27. The number of piperazine rings is 1. The molecule has 3 aromatic rings. The van der Waals surface area contributed by atoms with Crippen molar-refractivity contribution in [1.82, 2.24) is 25.8 Å². The third-order valence-corrected chi connectivity index (χ3v) is 9.18. The molecule has 23 heteroatoms. The van der Waals surface area contributed by atoms with Crippen LogP contribution in [-0.4, -0.2) is 110 Å². The number of urea groups is 1. The van der Waals surface area contributed by atoms with E-state index in [0.29, 0.717) is 17.0 Å². The normalized spacial score (nSPS) is 15.9. The number of halogens is 5. The number of benzene rings is 3. The molecule has 2 aliphatic rings. The van der Waals surface area contributed by atoms with E-state index in [2.05, 4.69) is 16.0 Å². The summed E-state index contributed by atoms with van der Waals surface area (Å²) in [6, 6.07) is 0.619. The summed E-state index contributed by atoms with van der Waals surface area (Å²) >= 11 is 11.9. The number of hydrogen-bond donors (Lipinski definition) is 8. The van der Waals surface area contributed by atoms with Crippen LogP contribution < -0.4 is 20.6 Å². The molecule has 0 aromatic heterocycles. The molecule has 55 heavy (non-hydrogen) atoms. The van der Waals surface area contributed by atoms with E-state index in [4.69, 9.17) is 27.9 Å². The molecule has 5 rings (SSSR count). The van der Waals surface area contributed by atoms with Crippen molar-refractivity contribution in [3.05, 3.63) is 80.1 Å². The number of imide groups is 1. The number of nitrogens with zero attached hydrogens (tertiary/aromatic N) is 2. The first-order valence-electron chi connectivity index (χ1n) is 15.9. The molecule has 8 N–H and O–H groups in total. The zero-order chi connectivity index (χ0) is 40.5. The summed E-state index contributed by atoms with van der Waals surface area (Å²) in [5.41, 5.74) is -2.02. The molecule has 0 aliphatic carbocycles. The fraction of sp³-hybridized carbons (Fsp3) is 0.250. The Morgan fingerprint density at radius 1 is 0.945 bits per heavy atom. The maximum atomic E-state index is 14.6. The monoisotopic (exact) mass is 811 g/mol. The molecule has 1 saturated heterocycles. The second-order valence-corrected chi connectivity index (χ2v) is 12.8. The van der Waals surface area contributed by atoms with E-state index in [1.54, 1.807) is 0 Å². The van der Waals surface area contributed by atoms with Gasteiger partial charge >= 0.3 is 30.9 Å². The SMILES string of the molecule is O=C(NCCCN1CCN(C(=O)NC(C(=O)N[C@H]2Cc3ccc(F)c(C(=O)O)c3OB2O)c2cc(F)c(O)c(O)c2Cl)C(=O)C1=O)c1c(F)cc(O)cc1Cl. The molecule has 0 radical (unpaired) electrons. The second kappa shape index (κ2) is 16.2. The zero-order valence-corrected chi connectivity index (χ0v) is 29.3. The van der Waals surface area contributed by atoms with Gasteiger partial charge in [-0.25, -0.2) is 22.8 Å². The van der Waals surface area contributed by atoms with Gasteiger partial charge in [0.15, 0.2) is 17.3 Å². The van der Waals surface area contributed by atoms with Gasteiger partial charge in [-0.2, -0.15) is 0 Å². The van der Waals surface area contributed by atoms with Gasteiger partial charge in [-0.15, -0.1) is 0 Å². The fourth-order valence-electron chi connectivity index (χ4n) is 5.76. The Morgan fingerprint density at radius 3 is 2.33 bits per heavy atom. The summed E-state index contributed by atoms with van der Waals surface area (Å²) in [4.78, 5) is 78.5. The van der Waals surface area contributed by atoms with Gasteiger partial charge in [0.1, 0.15) is 34.7 Å². The number of aromatic carboxylic acids is 1. The van der Waals surface area contributed by atoms with E-state index in [-0.39, 0.29) is 43.1 Å². The lowest BCUT2D eigenvalue weighted by Crippen LogP contribution is -2.60. The lowest BCUT2D eigenvalue weighted by Gasteiger charge is -2.34. The van der Waals surface area contributed by atoms with Gasteiger partial charge in [-0.1, -0.05) is 29.3 Å². The Kier molecular flexibility index (Phi) is 11.9. The van der Waals surface area contributed by atoms with Crippen molar-refractivity contribution in [2.75, 3.05) is 26.2 Å². The molecule has 2 atom stereocenters. The summed E-state index contributed by atoms with van der Waals surface area (Å²) in [6.45, 7) is -0.910. The molecule has 1 fully saturated rings. The third-order valence-electron chi connectivity index (χ3n) is 8.49. The summed E-state index contributed by atoms with van der Waals surface area (Å²) < 4.78 is 48.1. The summed E-state index contributed by atoms with van der Waals surface area (Å²) in [6.07, 6.45) is -0.300. The average molecular weight is 812 g/mol. The van der Waals surface area contributed by atoms with Crippen LogP contribution in [0.15, 0.2) is 30.3 Å². The van der Waals surface area contributed by atoms with Crippen LogP contribution in [0.2, 0.25) is 10.0 Å². The molecular formula is C32H27BCl2F3N5O12. The number of fused-ring (bicyclic) bond motifs is 1. The van der Waals surface area contributed by atoms with Crippen molar-refractivity contribution < 1.29 is 72.0 Å². The Bertz CT molecular complexity index is 2110. The topological polar surface area (TPSA) is 255 Å².